The molecule has 0 atom stereocenters. The summed E-state index contributed by atoms with van der Waals surface area (Å²) in [6.45, 7) is 4.04. The van der Waals surface area contributed by atoms with Crippen molar-refractivity contribution in [1.82, 2.24) is 0 Å². The first-order valence-corrected chi connectivity index (χ1v) is 14.1. The van der Waals surface area contributed by atoms with E-state index in [0.717, 1.165) is 6.07 Å². The maximum absolute atomic E-state index is 12.1. The molecule has 4 rings (SSSR count). The summed E-state index contributed by atoms with van der Waals surface area (Å²) in [4.78, 5) is -0.640. The van der Waals surface area contributed by atoms with Crippen LogP contribution in [0.15, 0.2) is 86.0 Å². The van der Waals surface area contributed by atoms with Gasteiger partial charge in [-0.3, -0.25) is 9.12 Å². The molecule has 4 N–H and O–H groups in total. The number of nitrogens with two attached hydrogens (primary N) is 1. The third kappa shape index (κ3) is 6.40. The highest BCUT2D eigenvalue weighted by atomic mass is 32.2. The van der Waals surface area contributed by atoms with E-state index in [1.807, 2.05) is 0 Å². The first kappa shape index (κ1) is 28.6. The molecular weight excluding hydrogens is 557 g/mol. The molecule has 0 heterocycles. The molecule has 4 aromatic rings. The lowest BCUT2D eigenvalue weighted by Crippen LogP contribution is -1.99. The van der Waals surface area contributed by atoms with E-state index in [9.17, 15) is 22.6 Å². The van der Waals surface area contributed by atoms with E-state index < -0.39 is 26.5 Å². The van der Waals surface area contributed by atoms with Gasteiger partial charge in [0.1, 0.15) is 33.5 Å². The van der Waals surface area contributed by atoms with E-state index >= 15 is 0 Å². The van der Waals surface area contributed by atoms with Gasteiger partial charge in [-0.25, -0.2) is 0 Å². The molecule has 0 bridgehead atoms. The van der Waals surface area contributed by atoms with Gasteiger partial charge < -0.3 is 20.3 Å². The molecule has 0 fully saturated rings. The molecule has 0 amide bonds. The smallest absolute Gasteiger partial charge is 0.296 e. The quantitative estimate of drug-likeness (QED) is 0.0779. The Labute approximate surface area is 231 Å². The molecule has 0 unspecified atom stereocenters. The summed E-state index contributed by atoms with van der Waals surface area (Å²) in [5, 5.41) is 28.5. The summed E-state index contributed by atoms with van der Waals surface area (Å²) in [5.74, 6) is -0.0463. The number of benzene rings is 4. The van der Waals surface area contributed by atoms with E-state index in [-0.39, 0.29) is 44.2 Å². The molecule has 0 saturated carbocycles. The average Bonchev–Trinajstić information content (AvgIpc) is 2.92. The van der Waals surface area contributed by atoms with Gasteiger partial charge in [0.15, 0.2) is 14.2 Å². The molecule has 12 nitrogen and oxygen atoms in total. The van der Waals surface area contributed by atoms with Gasteiger partial charge in [0.25, 0.3) is 10.1 Å². The van der Waals surface area contributed by atoms with Crippen LogP contribution in [0.25, 0.3) is 10.8 Å². The lowest BCUT2D eigenvalue weighted by Gasteiger charge is -2.12. The average molecular weight is 582 g/mol. The van der Waals surface area contributed by atoms with E-state index in [1.165, 1.54) is 30.3 Å². The van der Waals surface area contributed by atoms with Gasteiger partial charge in [-0.2, -0.15) is 13.5 Å². The SMILES string of the molecule is CCOc1cc(N=Nc2c(S(=O)(=O)O)cc3ccc(N)cc3c2O)c(OCC)cc1N=Nc1cccc(P=O)c1. The number of azo groups is 2. The van der Waals surface area contributed by atoms with Gasteiger partial charge in [-0.1, -0.05) is 12.1 Å². The summed E-state index contributed by atoms with van der Waals surface area (Å²) in [6.07, 6.45) is 0. The zero-order valence-electron chi connectivity index (χ0n) is 21.3. The van der Waals surface area contributed by atoms with E-state index in [4.69, 9.17) is 15.2 Å². The van der Waals surface area contributed by atoms with Crippen LogP contribution in [0.1, 0.15) is 13.8 Å². The number of anilines is 1. The lowest BCUT2D eigenvalue weighted by molar-refractivity contribution is 0.332. The van der Waals surface area contributed by atoms with Crippen LogP contribution in [0.3, 0.4) is 0 Å². The fraction of sp³-hybridized carbons (Fsp3) is 0.154. The highest BCUT2D eigenvalue weighted by Gasteiger charge is 2.22. The third-order valence-electron chi connectivity index (χ3n) is 5.46. The maximum atomic E-state index is 12.1. The Hall–Kier alpha value is -4.45. The van der Waals surface area contributed by atoms with Crippen LogP contribution >= 0.6 is 8.46 Å². The van der Waals surface area contributed by atoms with Crippen molar-refractivity contribution in [3.05, 3.63) is 60.7 Å². The maximum Gasteiger partial charge on any atom is 0.296 e. The van der Waals surface area contributed by atoms with Gasteiger partial charge in [0.2, 0.25) is 0 Å². The van der Waals surface area contributed by atoms with Crippen molar-refractivity contribution in [3.63, 3.8) is 0 Å². The van der Waals surface area contributed by atoms with E-state index in [1.54, 1.807) is 38.1 Å². The Balaban J connectivity index is 1.84. The van der Waals surface area contributed by atoms with Crippen LogP contribution < -0.4 is 20.5 Å². The predicted molar refractivity (Wildman–Crippen MR) is 151 cm³/mol. The fourth-order valence-corrected chi connectivity index (χ4v) is 4.71. The highest BCUT2D eigenvalue weighted by Crippen LogP contribution is 2.45. The summed E-state index contributed by atoms with van der Waals surface area (Å²) in [6, 6.07) is 15.3. The number of hydrogen-bond acceptors (Lipinski definition) is 11. The molecule has 0 aliphatic carbocycles. The molecule has 0 aliphatic heterocycles. The van der Waals surface area contributed by atoms with Gasteiger partial charge in [-0.05, 0) is 55.6 Å². The largest absolute Gasteiger partial charge is 0.505 e. The molecular formula is C26H24N5O7PS. The second kappa shape index (κ2) is 12.2. The van der Waals surface area contributed by atoms with Gasteiger partial charge >= 0.3 is 0 Å². The van der Waals surface area contributed by atoms with Crippen LogP contribution in [-0.2, 0) is 14.7 Å². The zero-order valence-corrected chi connectivity index (χ0v) is 23.1. The number of phenolic OH excluding ortho intramolecular Hbond substituents is 1. The summed E-state index contributed by atoms with van der Waals surface area (Å²) in [7, 11) is -4.94. The Morgan fingerprint density at radius 3 is 2.12 bits per heavy atom. The molecule has 0 spiro atoms. The fourth-order valence-electron chi connectivity index (χ4n) is 3.72. The molecule has 14 heteroatoms. The number of aromatic hydroxyl groups is 1. The Morgan fingerprint density at radius 2 is 1.52 bits per heavy atom. The molecule has 206 valence electrons. The topological polar surface area (TPSA) is 186 Å². The molecule has 0 radical (unpaired) electrons. The van der Waals surface area contributed by atoms with E-state index in [0.29, 0.717) is 27.8 Å². The number of hydrogen-bond donors (Lipinski definition) is 3. The Bertz CT molecular complexity index is 1760. The van der Waals surface area contributed by atoms with Crippen LogP contribution in [0, 0.1) is 0 Å². The third-order valence-corrected chi connectivity index (χ3v) is 6.82. The lowest BCUT2D eigenvalue weighted by atomic mass is 10.1. The Morgan fingerprint density at radius 1 is 0.875 bits per heavy atom. The number of rotatable bonds is 10. The standard InChI is InChI=1S/C26H24N5O7PS/c1-3-37-22-14-21(23(38-4-2)13-20(22)29-28-17-6-5-7-18(12-17)39-33)30-31-25-24(40(34,35)36)10-15-8-9-16(27)11-19(15)26(25)32/h5-14,32H,3-4,27H2,1-2H3,(H,34,35,36). The molecule has 4 aromatic carbocycles. The first-order valence-electron chi connectivity index (χ1n) is 11.9. The molecule has 0 saturated heterocycles. The number of phenols is 1. The van der Waals surface area contributed by atoms with Gasteiger partial charge in [0, 0.05) is 28.5 Å². The molecule has 0 aromatic heterocycles. The monoisotopic (exact) mass is 581 g/mol. The second-order valence-corrected chi connectivity index (χ2v) is 10.3. The van der Waals surface area contributed by atoms with Crippen LogP contribution in [0.2, 0.25) is 0 Å². The van der Waals surface area contributed by atoms with Crippen molar-refractivity contribution in [2.75, 3.05) is 18.9 Å². The highest BCUT2D eigenvalue weighted by molar-refractivity contribution is 7.86. The van der Waals surface area contributed by atoms with Crippen molar-refractivity contribution < 1.29 is 32.1 Å². The van der Waals surface area contributed by atoms with Crippen molar-refractivity contribution in [3.8, 4) is 17.2 Å². The number of fused-ring (bicyclic) bond motifs is 1. The number of ether oxygens (including phenoxy) is 2. The van der Waals surface area contributed by atoms with Crippen molar-refractivity contribution >= 4 is 63.1 Å². The molecule has 40 heavy (non-hydrogen) atoms. The van der Waals surface area contributed by atoms with Crippen LogP contribution in [0.5, 0.6) is 17.2 Å². The Kier molecular flexibility index (Phi) is 8.68. The van der Waals surface area contributed by atoms with Crippen molar-refractivity contribution in [2.45, 2.75) is 18.7 Å². The first-order chi connectivity index (χ1) is 19.1. The molecule has 0 aliphatic rings. The minimum absolute atomic E-state index is 0.129. The van der Waals surface area contributed by atoms with Crippen molar-refractivity contribution in [2.24, 2.45) is 20.5 Å². The minimum atomic E-state index is -4.79. The van der Waals surface area contributed by atoms with Crippen molar-refractivity contribution in [1.29, 1.82) is 0 Å². The number of nitrogen functional groups attached to an aromatic ring is 1. The second-order valence-electron chi connectivity index (χ2n) is 8.19. The summed E-state index contributed by atoms with van der Waals surface area (Å²) in [5.41, 5.74) is 6.57. The summed E-state index contributed by atoms with van der Waals surface area (Å²) >= 11 is 0. The normalized spacial score (nSPS) is 12.1. The summed E-state index contributed by atoms with van der Waals surface area (Å²) < 4.78 is 56.7. The minimum Gasteiger partial charge on any atom is -0.505 e. The van der Waals surface area contributed by atoms with Crippen LogP contribution in [0.4, 0.5) is 28.4 Å². The van der Waals surface area contributed by atoms with Gasteiger partial charge in [0.05, 0.1) is 18.9 Å². The van der Waals surface area contributed by atoms with E-state index in [2.05, 4.69) is 20.5 Å². The van der Waals surface area contributed by atoms with Gasteiger partial charge in [-0.15, -0.1) is 15.3 Å². The predicted octanol–water partition coefficient (Wildman–Crippen LogP) is 6.92. The zero-order chi connectivity index (χ0) is 28.9. The van der Waals surface area contributed by atoms with Crippen LogP contribution in [-0.4, -0.2) is 31.3 Å². The number of nitrogens with zero attached hydrogens (tertiary/aromatic N) is 4.